The highest BCUT2D eigenvalue weighted by molar-refractivity contribution is 9.09. The molecule has 1 saturated heterocycles. The molecule has 2 atom stereocenters. The van der Waals surface area contributed by atoms with Crippen LogP contribution < -0.4 is 14.8 Å². The smallest absolute Gasteiger partial charge is 0.218 e. The highest BCUT2D eigenvalue weighted by Gasteiger charge is 2.21. The van der Waals surface area contributed by atoms with Crippen molar-refractivity contribution in [1.82, 2.24) is 10.3 Å². The van der Waals surface area contributed by atoms with Gasteiger partial charge in [0.2, 0.25) is 5.88 Å². The Balaban J connectivity index is 1.66. The van der Waals surface area contributed by atoms with E-state index in [0.717, 1.165) is 25.5 Å². The van der Waals surface area contributed by atoms with Crippen molar-refractivity contribution in [1.29, 1.82) is 0 Å². The number of aromatic nitrogens is 1. The summed E-state index contributed by atoms with van der Waals surface area (Å²) >= 11 is 9.20. The van der Waals surface area contributed by atoms with Crippen LogP contribution in [0, 0.1) is 11.6 Å². The predicted molar refractivity (Wildman–Crippen MR) is 94.1 cm³/mol. The third-order valence-electron chi connectivity index (χ3n) is 3.75. The lowest BCUT2D eigenvalue weighted by Crippen LogP contribution is -2.42. The van der Waals surface area contributed by atoms with Crippen molar-refractivity contribution in [3.63, 3.8) is 0 Å². The molecule has 4 nitrogen and oxygen atoms in total. The molecule has 1 N–H and O–H groups in total. The van der Waals surface area contributed by atoms with Crippen LogP contribution in [0.2, 0.25) is 5.02 Å². The van der Waals surface area contributed by atoms with E-state index in [0.29, 0.717) is 0 Å². The summed E-state index contributed by atoms with van der Waals surface area (Å²) in [6.45, 7) is -0.130. The van der Waals surface area contributed by atoms with Crippen molar-refractivity contribution in [2.75, 3.05) is 0 Å². The fraction of sp³-hybridized carbons (Fsp3) is 0.353. The second kappa shape index (κ2) is 8.29. The summed E-state index contributed by atoms with van der Waals surface area (Å²) in [7, 11) is 0. The fourth-order valence-corrected chi connectivity index (χ4v) is 3.24. The van der Waals surface area contributed by atoms with Gasteiger partial charge in [0.25, 0.3) is 0 Å². The molecule has 1 aromatic heterocycles. The van der Waals surface area contributed by atoms with Crippen molar-refractivity contribution >= 4 is 27.5 Å². The molecule has 0 spiro atoms. The Labute approximate surface area is 157 Å². The molecule has 25 heavy (non-hydrogen) atoms. The number of piperidine rings is 1. The first-order chi connectivity index (χ1) is 12.0. The Morgan fingerprint density at radius 1 is 1.24 bits per heavy atom. The lowest BCUT2D eigenvalue weighted by Gasteiger charge is -2.27. The lowest BCUT2D eigenvalue weighted by atomic mass is 10.1. The van der Waals surface area contributed by atoms with E-state index in [4.69, 9.17) is 21.1 Å². The lowest BCUT2D eigenvalue weighted by molar-refractivity contribution is 0.121. The first kappa shape index (κ1) is 18.4. The predicted octanol–water partition coefficient (Wildman–Crippen LogP) is 4.79. The third-order valence-corrected chi connectivity index (χ3v) is 4.70. The van der Waals surface area contributed by atoms with Gasteiger partial charge in [-0.1, -0.05) is 33.6 Å². The number of hydrogen-bond acceptors (Lipinski definition) is 4. The molecule has 2 heterocycles. The quantitative estimate of drug-likeness (QED) is 0.544. The second-order valence-corrected chi connectivity index (χ2v) is 7.19. The molecule has 0 aliphatic carbocycles. The van der Waals surface area contributed by atoms with E-state index in [1.54, 1.807) is 6.07 Å². The van der Waals surface area contributed by atoms with E-state index in [-0.39, 0.29) is 40.0 Å². The van der Waals surface area contributed by atoms with Crippen LogP contribution in [-0.2, 0) is 6.61 Å². The molecular weight excluding hydrogens is 418 g/mol. The molecule has 1 fully saturated rings. The Hall–Kier alpha value is -1.44. The number of nitrogens with zero attached hydrogens (tertiary/aromatic N) is 1. The molecular formula is C17H16BrClF2N2O2. The van der Waals surface area contributed by atoms with Gasteiger partial charge < -0.3 is 9.47 Å². The van der Waals surface area contributed by atoms with Gasteiger partial charge in [-0.3, -0.25) is 5.32 Å². The molecule has 0 bridgehead atoms. The zero-order valence-corrected chi connectivity index (χ0v) is 15.5. The maximum Gasteiger partial charge on any atom is 0.218 e. The molecule has 3 rings (SSSR count). The largest absolute Gasteiger partial charge is 0.485 e. The van der Waals surface area contributed by atoms with Gasteiger partial charge in [-0.25, -0.2) is 13.8 Å². The SMILES string of the molecule is Fc1cc(Cl)ccc1COc1cc(OC2CCCC(Br)N2)ncc1F. The maximum atomic E-state index is 13.9. The zero-order valence-electron chi connectivity index (χ0n) is 13.1. The number of alkyl halides is 1. The molecule has 0 radical (unpaired) electrons. The van der Waals surface area contributed by atoms with Crippen LogP contribution in [0.25, 0.3) is 0 Å². The van der Waals surface area contributed by atoms with Crippen LogP contribution in [-0.4, -0.2) is 16.2 Å². The Kier molecular flexibility index (Phi) is 6.09. The summed E-state index contributed by atoms with van der Waals surface area (Å²) in [6.07, 6.45) is 3.66. The monoisotopic (exact) mass is 432 g/mol. The van der Waals surface area contributed by atoms with Gasteiger partial charge in [-0.15, -0.1) is 0 Å². The normalized spacial score (nSPS) is 20.3. The van der Waals surface area contributed by atoms with E-state index in [2.05, 4.69) is 26.2 Å². The van der Waals surface area contributed by atoms with Gasteiger partial charge in [0.15, 0.2) is 17.8 Å². The standard InChI is InChI=1S/C17H16BrClF2N2O2/c18-15-2-1-3-16(23-15)25-17-7-14(13(21)8-22-17)24-9-10-4-5-11(19)6-12(10)20/h4-8,15-16,23H,1-3,9H2. The van der Waals surface area contributed by atoms with Crippen LogP contribution in [0.5, 0.6) is 11.6 Å². The number of halogens is 4. The van der Waals surface area contributed by atoms with E-state index in [1.165, 1.54) is 18.2 Å². The van der Waals surface area contributed by atoms with E-state index >= 15 is 0 Å². The highest BCUT2D eigenvalue weighted by atomic mass is 79.9. The van der Waals surface area contributed by atoms with E-state index < -0.39 is 11.6 Å². The van der Waals surface area contributed by atoms with Gasteiger partial charge >= 0.3 is 0 Å². The minimum Gasteiger partial charge on any atom is -0.485 e. The molecule has 134 valence electrons. The second-order valence-electron chi connectivity index (χ2n) is 5.65. The van der Waals surface area contributed by atoms with Gasteiger partial charge in [-0.2, -0.15) is 0 Å². The molecule has 8 heteroatoms. The molecule has 1 aliphatic heterocycles. The summed E-state index contributed by atoms with van der Waals surface area (Å²) in [6, 6.07) is 5.59. The van der Waals surface area contributed by atoms with Crippen molar-refractivity contribution in [2.45, 2.75) is 37.0 Å². The van der Waals surface area contributed by atoms with E-state index in [9.17, 15) is 8.78 Å². The van der Waals surface area contributed by atoms with Gasteiger partial charge in [0.1, 0.15) is 12.4 Å². The topological polar surface area (TPSA) is 43.4 Å². The van der Waals surface area contributed by atoms with Gasteiger partial charge in [-0.05, 0) is 31.4 Å². The minimum atomic E-state index is -0.642. The summed E-state index contributed by atoms with van der Waals surface area (Å²) in [4.78, 5) is 4.09. The van der Waals surface area contributed by atoms with Gasteiger partial charge in [0.05, 0.1) is 11.1 Å². The Morgan fingerprint density at radius 2 is 2.08 bits per heavy atom. The van der Waals surface area contributed by atoms with Crippen LogP contribution in [0.15, 0.2) is 30.5 Å². The fourth-order valence-electron chi connectivity index (χ4n) is 2.46. The van der Waals surface area contributed by atoms with Crippen LogP contribution in [0.4, 0.5) is 8.78 Å². The molecule has 0 saturated carbocycles. The zero-order chi connectivity index (χ0) is 17.8. The van der Waals surface area contributed by atoms with Crippen LogP contribution in [0.3, 0.4) is 0 Å². The summed E-state index contributed by atoms with van der Waals surface area (Å²) in [5.41, 5.74) is 0.277. The number of pyridine rings is 1. The number of nitrogens with one attached hydrogen (secondary N) is 1. The van der Waals surface area contributed by atoms with Crippen molar-refractivity contribution in [3.05, 3.63) is 52.7 Å². The van der Waals surface area contributed by atoms with Crippen molar-refractivity contribution in [2.24, 2.45) is 0 Å². The molecule has 0 amide bonds. The van der Waals surface area contributed by atoms with Crippen molar-refractivity contribution in [3.8, 4) is 11.6 Å². The Morgan fingerprint density at radius 3 is 2.84 bits per heavy atom. The molecule has 1 aliphatic rings. The molecule has 1 aromatic carbocycles. The van der Waals surface area contributed by atoms with Gasteiger partial charge in [0, 0.05) is 16.7 Å². The number of benzene rings is 1. The molecule has 2 unspecified atom stereocenters. The van der Waals surface area contributed by atoms with Crippen LogP contribution >= 0.6 is 27.5 Å². The molecule has 2 aromatic rings. The summed E-state index contributed by atoms with van der Waals surface area (Å²) in [5, 5.41) is 3.52. The first-order valence-electron chi connectivity index (χ1n) is 7.80. The van der Waals surface area contributed by atoms with E-state index in [1.807, 2.05) is 0 Å². The average Bonchev–Trinajstić information content (AvgIpc) is 2.57. The third kappa shape index (κ3) is 5.03. The number of hydrogen-bond donors (Lipinski definition) is 1. The average molecular weight is 434 g/mol. The maximum absolute atomic E-state index is 13.9. The van der Waals surface area contributed by atoms with Crippen molar-refractivity contribution < 1.29 is 18.3 Å². The minimum absolute atomic E-state index is 0.0504. The first-order valence-corrected chi connectivity index (χ1v) is 9.09. The number of rotatable bonds is 5. The highest BCUT2D eigenvalue weighted by Crippen LogP contribution is 2.25. The number of ether oxygens (including phenoxy) is 2. The summed E-state index contributed by atoms with van der Waals surface area (Å²) < 4.78 is 38.8. The Bertz CT molecular complexity index is 751. The van der Waals surface area contributed by atoms with Crippen LogP contribution in [0.1, 0.15) is 24.8 Å². The summed E-state index contributed by atoms with van der Waals surface area (Å²) in [5.74, 6) is -0.956.